The van der Waals surface area contributed by atoms with Gasteiger partial charge in [0.05, 0.1) is 11.7 Å². The molecule has 2 aromatic carbocycles. The SMILES string of the molecule is O=C1NC(=O)[C@@](CCCc2ccccc2)(C2CCN(Cc3ccc4nsnc4c3)CC2)N1. The van der Waals surface area contributed by atoms with Gasteiger partial charge in [0.2, 0.25) is 0 Å². The summed E-state index contributed by atoms with van der Waals surface area (Å²) >= 11 is 1.24. The van der Waals surface area contributed by atoms with Gasteiger partial charge in [0.1, 0.15) is 16.6 Å². The summed E-state index contributed by atoms with van der Waals surface area (Å²) in [6.45, 7) is 2.67. The van der Waals surface area contributed by atoms with E-state index in [1.807, 2.05) is 24.3 Å². The van der Waals surface area contributed by atoms with E-state index in [1.54, 1.807) is 0 Å². The highest BCUT2D eigenvalue weighted by molar-refractivity contribution is 7.00. The zero-order valence-electron chi connectivity index (χ0n) is 17.9. The van der Waals surface area contributed by atoms with Gasteiger partial charge in [-0.25, -0.2) is 4.79 Å². The highest BCUT2D eigenvalue weighted by Gasteiger charge is 2.51. The van der Waals surface area contributed by atoms with Crippen LogP contribution >= 0.6 is 11.7 Å². The Hall–Kier alpha value is -2.84. The predicted molar refractivity (Wildman–Crippen MR) is 124 cm³/mol. The number of carbonyl (C=O) groups is 2. The number of amides is 3. The minimum atomic E-state index is -0.789. The maximum atomic E-state index is 12.9. The van der Waals surface area contributed by atoms with Crippen molar-refractivity contribution in [2.45, 2.75) is 44.2 Å². The maximum absolute atomic E-state index is 12.9. The first-order chi connectivity index (χ1) is 15.6. The average molecular weight is 450 g/mol. The van der Waals surface area contributed by atoms with E-state index >= 15 is 0 Å². The Kier molecular flexibility index (Phi) is 5.89. The molecule has 0 unspecified atom stereocenters. The molecule has 2 fully saturated rings. The minimum absolute atomic E-state index is 0.145. The number of nitrogens with one attached hydrogen (secondary N) is 2. The number of rotatable bonds is 7. The second kappa shape index (κ2) is 8.96. The number of fused-ring (bicyclic) bond motifs is 1. The van der Waals surface area contributed by atoms with Crippen molar-refractivity contribution in [3.63, 3.8) is 0 Å². The fourth-order valence-electron chi connectivity index (χ4n) is 5.16. The zero-order valence-corrected chi connectivity index (χ0v) is 18.7. The molecule has 7 nitrogen and oxygen atoms in total. The lowest BCUT2D eigenvalue weighted by molar-refractivity contribution is -0.127. The molecule has 0 saturated carbocycles. The van der Waals surface area contributed by atoms with Crippen LogP contribution in [-0.4, -0.2) is 44.2 Å². The number of carbonyl (C=O) groups excluding carboxylic acids is 2. The Bertz CT molecular complexity index is 1110. The molecular weight excluding hydrogens is 422 g/mol. The molecule has 8 heteroatoms. The second-order valence-corrected chi connectivity index (χ2v) is 9.38. The van der Waals surface area contributed by atoms with Gasteiger partial charge >= 0.3 is 6.03 Å². The smallest absolute Gasteiger partial charge is 0.322 e. The molecule has 1 aromatic heterocycles. The Morgan fingerprint density at radius 2 is 1.78 bits per heavy atom. The molecule has 2 saturated heterocycles. The Balaban J connectivity index is 1.22. The minimum Gasteiger partial charge on any atom is -0.323 e. The van der Waals surface area contributed by atoms with Crippen LogP contribution in [0.3, 0.4) is 0 Å². The standard InChI is InChI=1S/C24H27N5O2S/c30-22-24(26-23(31)25-22,12-4-7-17-5-2-1-3-6-17)19-10-13-29(14-11-19)16-18-8-9-20-21(15-18)28-32-27-20/h1-3,5-6,8-9,15,19H,4,7,10-14,16H2,(H2,25,26,30,31)/t24-/m1/s1. The lowest BCUT2D eigenvalue weighted by Gasteiger charge is -2.40. The fourth-order valence-corrected chi connectivity index (χ4v) is 5.67. The van der Waals surface area contributed by atoms with Gasteiger partial charge in [0.25, 0.3) is 5.91 Å². The monoisotopic (exact) mass is 449 g/mol. The van der Waals surface area contributed by atoms with Gasteiger partial charge < -0.3 is 5.32 Å². The van der Waals surface area contributed by atoms with Gasteiger partial charge in [0, 0.05) is 6.54 Å². The molecule has 166 valence electrons. The third kappa shape index (κ3) is 4.25. The summed E-state index contributed by atoms with van der Waals surface area (Å²) < 4.78 is 8.61. The van der Waals surface area contributed by atoms with Gasteiger partial charge in [-0.2, -0.15) is 8.75 Å². The van der Waals surface area contributed by atoms with Crippen LogP contribution in [0.5, 0.6) is 0 Å². The van der Waals surface area contributed by atoms with Gasteiger partial charge in [0.15, 0.2) is 0 Å². The fraction of sp³-hybridized carbons (Fsp3) is 0.417. The van der Waals surface area contributed by atoms with Crippen molar-refractivity contribution in [3.05, 3.63) is 59.7 Å². The van der Waals surface area contributed by atoms with Crippen molar-refractivity contribution >= 4 is 34.7 Å². The normalized spacial score (nSPS) is 22.2. The van der Waals surface area contributed by atoms with E-state index in [0.717, 1.165) is 56.4 Å². The zero-order chi connectivity index (χ0) is 22.0. The molecule has 3 amide bonds. The summed E-state index contributed by atoms with van der Waals surface area (Å²) in [6.07, 6.45) is 4.20. The average Bonchev–Trinajstić information content (AvgIpc) is 3.38. The Morgan fingerprint density at radius 1 is 1.00 bits per heavy atom. The number of benzene rings is 2. The maximum Gasteiger partial charge on any atom is 0.322 e. The summed E-state index contributed by atoms with van der Waals surface area (Å²) in [5, 5.41) is 5.53. The van der Waals surface area contributed by atoms with E-state index in [9.17, 15) is 9.59 Å². The van der Waals surface area contributed by atoms with Crippen molar-refractivity contribution in [1.82, 2.24) is 24.3 Å². The summed E-state index contributed by atoms with van der Waals surface area (Å²) in [5.41, 5.74) is 3.59. The van der Waals surface area contributed by atoms with Gasteiger partial charge in [-0.3, -0.25) is 15.0 Å². The van der Waals surface area contributed by atoms with E-state index in [2.05, 4.69) is 48.5 Å². The molecule has 0 bridgehead atoms. The van der Waals surface area contributed by atoms with E-state index in [4.69, 9.17) is 0 Å². The van der Waals surface area contributed by atoms with Crippen LogP contribution in [0, 0.1) is 5.92 Å². The Labute approximate surface area is 191 Å². The van der Waals surface area contributed by atoms with Crippen LogP contribution in [0.4, 0.5) is 4.79 Å². The van der Waals surface area contributed by atoms with Gasteiger partial charge in [-0.15, -0.1) is 0 Å². The highest BCUT2D eigenvalue weighted by atomic mass is 32.1. The van der Waals surface area contributed by atoms with Crippen molar-refractivity contribution in [2.24, 2.45) is 5.92 Å². The number of imide groups is 1. The van der Waals surface area contributed by atoms with Crippen LogP contribution in [0.25, 0.3) is 11.0 Å². The number of nitrogens with zero attached hydrogens (tertiary/aromatic N) is 3. The first-order valence-corrected chi connectivity index (χ1v) is 12.0. The van der Waals surface area contributed by atoms with Crippen molar-refractivity contribution in [1.29, 1.82) is 0 Å². The molecule has 1 atom stereocenters. The van der Waals surface area contributed by atoms with Crippen molar-refractivity contribution in [2.75, 3.05) is 13.1 Å². The quantitative estimate of drug-likeness (QED) is 0.539. The number of aromatic nitrogens is 2. The first-order valence-electron chi connectivity index (χ1n) is 11.2. The topological polar surface area (TPSA) is 87.2 Å². The Morgan fingerprint density at radius 3 is 2.53 bits per heavy atom. The molecule has 3 heterocycles. The van der Waals surface area contributed by atoms with Gasteiger partial charge in [-0.05, 0) is 74.4 Å². The van der Waals surface area contributed by atoms with Crippen LogP contribution in [-0.2, 0) is 17.8 Å². The third-order valence-electron chi connectivity index (χ3n) is 6.86. The van der Waals surface area contributed by atoms with Gasteiger partial charge in [-0.1, -0.05) is 36.4 Å². The molecular formula is C24H27N5O2S. The molecule has 0 radical (unpaired) electrons. The van der Waals surface area contributed by atoms with Crippen LogP contribution in [0.15, 0.2) is 48.5 Å². The largest absolute Gasteiger partial charge is 0.323 e. The lowest BCUT2D eigenvalue weighted by atomic mass is 9.74. The number of piperidine rings is 1. The third-order valence-corrected chi connectivity index (χ3v) is 7.41. The van der Waals surface area contributed by atoms with E-state index < -0.39 is 5.54 Å². The summed E-state index contributed by atoms with van der Waals surface area (Å²) in [5.74, 6) is -0.0123. The predicted octanol–water partition coefficient (Wildman–Crippen LogP) is 3.50. The molecule has 0 aliphatic carbocycles. The van der Waals surface area contributed by atoms with Crippen molar-refractivity contribution < 1.29 is 9.59 Å². The first kappa shape index (κ1) is 21.0. The van der Waals surface area contributed by atoms with Crippen LogP contribution in [0.2, 0.25) is 0 Å². The van der Waals surface area contributed by atoms with E-state index in [-0.39, 0.29) is 17.9 Å². The molecule has 2 aliphatic rings. The summed E-state index contributed by atoms with van der Waals surface area (Å²) in [7, 11) is 0. The number of hydrogen-bond acceptors (Lipinski definition) is 6. The van der Waals surface area contributed by atoms with Crippen LogP contribution < -0.4 is 10.6 Å². The number of likely N-dealkylation sites (tertiary alicyclic amines) is 1. The number of hydrogen-bond donors (Lipinski definition) is 2. The molecule has 5 rings (SSSR count). The second-order valence-electron chi connectivity index (χ2n) is 8.86. The van der Waals surface area contributed by atoms with E-state index in [1.165, 1.54) is 22.9 Å². The van der Waals surface area contributed by atoms with Crippen molar-refractivity contribution in [3.8, 4) is 0 Å². The molecule has 32 heavy (non-hydrogen) atoms. The highest BCUT2D eigenvalue weighted by Crippen LogP contribution is 2.35. The molecule has 3 aromatic rings. The molecule has 2 aliphatic heterocycles. The summed E-state index contributed by atoms with van der Waals surface area (Å²) in [6, 6.07) is 16.2. The van der Waals surface area contributed by atoms with E-state index in [0.29, 0.717) is 6.42 Å². The summed E-state index contributed by atoms with van der Waals surface area (Å²) in [4.78, 5) is 27.4. The van der Waals surface area contributed by atoms with Crippen LogP contribution in [0.1, 0.15) is 36.8 Å². The number of aryl methyl sites for hydroxylation is 1. The number of urea groups is 1. The molecule has 0 spiro atoms. The molecule has 2 N–H and O–H groups in total. The lowest BCUT2D eigenvalue weighted by Crippen LogP contribution is -2.56.